The van der Waals surface area contributed by atoms with Crippen molar-refractivity contribution in [3.63, 3.8) is 0 Å². The molecule has 0 aromatic heterocycles. The number of nitrogen functional groups attached to an aromatic ring is 1. The number of benzene rings is 1. The van der Waals surface area contributed by atoms with E-state index in [1.165, 1.54) is 0 Å². The van der Waals surface area contributed by atoms with Crippen LogP contribution in [-0.2, 0) is 16.3 Å². The largest absolute Gasteiger partial charge is 0.398 e. The van der Waals surface area contributed by atoms with Gasteiger partial charge in [0.1, 0.15) is 9.84 Å². The van der Waals surface area contributed by atoms with Crippen molar-refractivity contribution in [3.05, 3.63) is 29.3 Å². The van der Waals surface area contributed by atoms with Gasteiger partial charge >= 0.3 is 0 Å². The minimum Gasteiger partial charge on any atom is -0.398 e. The van der Waals surface area contributed by atoms with E-state index < -0.39 is 9.84 Å². The van der Waals surface area contributed by atoms with Crippen LogP contribution in [-0.4, -0.2) is 19.9 Å². The van der Waals surface area contributed by atoms with E-state index in [9.17, 15) is 8.42 Å². The van der Waals surface area contributed by atoms with Crippen LogP contribution in [0.4, 0.5) is 5.69 Å². The molecule has 4 heteroatoms. The van der Waals surface area contributed by atoms with Gasteiger partial charge in [-0.15, -0.1) is 0 Å². The average Bonchev–Trinajstić information content (AvgIpc) is 2.27. The second-order valence-corrected chi connectivity index (χ2v) is 7.25. The Bertz CT molecular complexity index is 494. The molecule has 17 heavy (non-hydrogen) atoms. The van der Waals surface area contributed by atoms with Gasteiger partial charge in [0.05, 0.1) is 11.5 Å². The van der Waals surface area contributed by atoms with Crippen LogP contribution in [0.15, 0.2) is 18.2 Å². The topological polar surface area (TPSA) is 60.2 Å². The van der Waals surface area contributed by atoms with Crippen LogP contribution in [0.5, 0.6) is 0 Å². The molecule has 0 saturated carbocycles. The standard InChI is InChI=1S/C13H19NO2S/c1-10-3-2-4-12(13(10)14)9-11-5-7-17(15,16)8-6-11/h2-4,11H,5-9,14H2,1H3. The monoisotopic (exact) mass is 253 g/mol. The number of hydrogen-bond donors (Lipinski definition) is 1. The Morgan fingerprint density at radius 2 is 1.94 bits per heavy atom. The number of para-hydroxylation sites is 1. The van der Waals surface area contributed by atoms with Gasteiger partial charge in [-0.1, -0.05) is 18.2 Å². The van der Waals surface area contributed by atoms with E-state index in [0.717, 1.165) is 36.1 Å². The maximum absolute atomic E-state index is 11.3. The lowest BCUT2D eigenvalue weighted by Crippen LogP contribution is -2.24. The third-order valence-corrected chi connectivity index (χ3v) is 5.31. The molecular formula is C13H19NO2S. The van der Waals surface area contributed by atoms with Crippen LogP contribution in [0.25, 0.3) is 0 Å². The summed E-state index contributed by atoms with van der Waals surface area (Å²) in [4.78, 5) is 0. The third-order valence-electron chi connectivity index (χ3n) is 3.60. The molecule has 1 aromatic rings. The Morgan fingerprint density at radius 1 is 1.29 bits per heavy atom. The fourth-order valence-electron chi connectivity index (χ4n) is 2.37. The predicted octanol–water partition coefficient (Wildman–Crippen LogP) is 1.94. The van der Waals surface area contributed by atoms with Crippen molar-refractivity contribution in [1.29, 1.82) is 0 Å². The maximum Gasteiger partial charge on any atom is 0.150 e. The zero-order valence-electron chi connectivity index (χ0n) is 10.1. The summed E-state index contributed by atoms with van der Waals surface area (Å²) < 4.78 is 22.7. The molecule has 0 amide bonds. The summed E-state index contributed by atoms with van der Waals surface area (Å²) in [7, 11) is -2.76. The summed E-state index contributed by atoms with van der Waals surface area (Å²) >= 11 is 0. The van der Waals surface area contributed by atoms with Crippen LogP contribution < -0.4 is 5.73 Å². The molecule has 94 valence electrons. The van der Waals surface area contributed by atoms with Crippen molar-refractivity contribution in [3.8, 4) is 0 Å². The van der Waals surface area contributed by atoms with E-state index in [-0.39, 0.29) is 0 Å². The van der Waals surface area contributed by atoms with Gasteiger partial charge in [-0.3, -0.25) is 0 Å². The molecule has 1 fully saturated rings. The number of anilines is 1. The Labute approximate surface area is 103 Å². The smallest absolute Gasteiger partial charge is 0.150 e. The molecule has 0 unspecified atom stereocenters. The summed E-state index contributed by atoms with van der Waals surface area (Å²) in [5.74, 6) is 1.13. The Balaban J connectivity index is 2.05. The average molecular weight is 253 g/mol. The number of rotatable bonds is 2. The fraction of sp³-hybridized carbons (Fsp3) is 0.538. The first kappa shape index (κ1) is 12.4. The fourth-order valence-corrected chi connectivity index (χ4v) is 3.96. The Kier molecular flexibility index (Phi) is 3.43. The highest BCUT2D eigenvalue weighted by Gasteiger charge is 2.24. The zero-order chi connectivity index (χ0) is 12.5. The Morgan fingerprint density at radius 3 is 2.59 bits per heavy atom. The van der Waals surface area contributed by atoms with Crippen LogP contribution in [0.1, 0.15) is 24.0 Å². The lowest BCUT2D eigenvalue weighted by molar-refractivity contribution is 0.463. The minimum atomic E-state index is -2.76. The van der Waals surface area contributed by atoms with Crippen LogP contribution in [0.2, 0.25) is 0 Å². The van der Waals surface area contributed by atoms with Crippen LogP contribution in [0.3, 0.4) is 0 Å². The molecule has 2 N–H and O–H groups in total. The molecule has 1 aliphatic rings. The van der Waals surface area contributed by atoms with Gasteiger partial charge in [-0.2, -0.15) is 0 Å². The van der Waals surface area contributed by atoms with Gasteiger partial charge in [-0.25, -0.2) is 8.42 Å². The van der Waals surface area contributed by atoms with Crippen molar-refractivity contribution < 1.29 is 8.42 Å². The van der Waals surface area contributed by atoms with Crippen molar-refractivity contribution >= 4 is 15.5 Å². The van der Waals surface area contributed by atoms with Crippen molar-refractivity contribution in [2.24, 2.45) is 5.92 Å². The summed E-state index contributed by atoms with van der Waals surface area (Å²) in [6.07, 6.45) is 2.45. The number of nitrogens with two attached hydrogens (primary N) is 1. The minimum absolute atomic E-state index is 0.337. The van der Waals surface area contributed by atoms with Crippen LogP contribution >= 0.6 is 0 Å². The van der Waals surface area contributed by atoms with E-state index in [1.807, 2.05) is 25.1 Å². The first-order chi connectivity index (χ1) is 7.98. The van der Waals surface area contributed by atoms with Crippen molar-refractivity contribution in [1.82, 2.24) is 0 Å². The molecular weight excluding hydrogens is 234 g/mol. The lowest BCUT2D eigenvalue weighted by atomic mass is 9.92. The second-order valence-electron chi connectivity index (χ2n) is 4.95. The summed E-state index contributed by atoms with van der Waals surface area (Å²) in [5.41, 5.74) is 9.16. The van der Waals surface area contributed by atoms with Crippen molar-refractivity contribution in [2.45, 2.75) is 26.2 Å². The van der Waals surface area contributed by atoms with Gasteiger partial charge in [0.2, 0.25) is 0 Å². The highest BCUT2D eigenvalue weighted by molar-refractivity contribution is 7.91. The normalized spacial score (nSPS) is 20.3. The number of aryl methyl sites for hydroxylation is 1. The molecule has 1 aliphatic heterocycles. The number of sulfone groups is 1. The molecule has 3 nitrogen and oxygen atoms in total. The van der Waals surface area contributed by atoms with Gasteiger partial charge in [0.25, 0.3) is 0 Å². The molecule has 0 bridgehead atoms. The quantitative estimate of drug-likeness (QED) is 0.819. The molecule has 2 rings (SSSR count). The summed E-state index contributed by atoms with van der Waals surface area (Å²) in [5, 5.41) is 0. The van der Waals surface area contributed by atoms with Crippen molar-refractivity contribution in [2.75, 3.05) is 17.2 Å². The molecule has 0 aliphatic carbocycles. The summed E-state index contributed by atoms with van der Waals surface area (Å²) in [6.45, 7) is 2.00. The predicted molar refractivity (Wildman–Crippen MR) is 70.7 cm³/mol. The Hall–Kier alpha value is -1.03. The van der Waals surface area contributed by atoms with Gasteiger partial charge in [0.15, 0.2) is 0 Å². The lowest BCUT2D eigenvalue weighted by Gasteiger charge is -2.22. The SMILES string of the molecule is Cc1cccc(CC2CCS(=O)(=O)CC2)c1N. The van der Waals surface area contributed by atoms with E-state index in [4.69, 9.17) is 5.73 Å². The highest BCUT2D eigenvalue weighted by Crippen LogP contribution is 2.26. The maximum atomic E-state index is 11.3. The number of hydrogen-bond acceptors (Lipinski definition) is 3. The molecule has 0 atom stereocenters. The van der Waals surface area contributed by atoms with Gasteiger partial charge in [-0.05, 0) is 43.2 Å². The first-order valence-electron chi connectivity index (χ1n) is 6.02. The molecule has 1 aromatic carbocycles. The zero-order valence-corrected chi connectivity index (χ0v) is 11.0. The van der Waals surface area contributed by atoms with E-state index >= 15 is 0 Å². The van der Waals surface area contributed by atoms with E-state index in [0.29, 0.717) is 17.4 Å². The first-order valence-corrected chi connectivity index (χ1v) is 7.84. The highest BCUT2D eigenvalue weighted by atomic mass is 32.2. The molecule has 1 heterocycles. The van der Waals surface area contributed by atoms with Crippen LogP contribution in [0, 0.1) is 12.8 Å². The summed E-state index contributed by atoms with van der Waals surface area (Å²) in [6, 6.07) is 6.07. The van der Waals surface area contributed by atoms with E-state index in [1.54, 1.807) is 0 Å². The molecule has 0 radical (unpaired) electrons. The van der Waals surface area contributed by atoms with Gasteiger partial charge in [0, 0.05) is 5.69 Å². The third kappa shape index (κ3) is 3.00. The molecule has 1 saturated heterocycles. The second kappa shape index (κ2) is 4.69. The van der Waals surface area contributed by atoms with E-state index in [2.05, 4.69) is 0 Å². The molecule has 0 spiro atoms. The van der Waals surface area contributed by atoms with Gasteiger partial charge < -0.3 is 5.73 Å².